The Balaban J connectivity index is 2.82. The lowest BCUT2D eigenvalue weighted by atomic mass is 10.3. The quantitative estimate of drug-likeness (QED) is 0.487. The Bertz CT molecular complexity index is 481. The predicted octanol–water partition coefficient (Wildman–Crippen LogP) is 4.72. The molecule has 0 aliphatic rings. The number of amides is 1. The summed E-state index contributed by atoms with van der Waals surface area (Å²) in [4.78, 5) is 11.5. The topological polar surface area (TPSA) is 29.1 Å². The normalized spacial score (nSPS) is 11.3. The SMILES string of the molecule is C/C=C/C=C/C(=O)Nc1cc(Cl)c(Cl)cc1Cl. The van der Waals surface area contributed by atoms with Crippen LogP contribution in [0, 0.1) is 0 Å². The fourth-order valence-corrected chi connectivity index (χ4v) is 1.64. The van der Waals surface area contributed by atoms with Crippen LogP contribution in [0.5, 0.6) is 0 Å². The molecule has 1 aromatic rings. The monoisotopic (exact) mass is 289 g/mol. The number of benzene rings is 1. The van der Waals surface area contributed by atoms with E-state index in [4.69, 9.17) is 34.8 Å². The lowest BCUT2D eigenvalue weighted by molar-refractivity contribution is -0.111. The second-order valence-electron chi connectivity index (χ2n) is 3.12. The molecular formula is C12H10Cl3NO. The molecule has 0 fully saturated rings. The van der Waals surface area contributed by atoms with Gasteiger partial charge in [0.2, 0.25) is 5.91 Å². The summed E-state index contributed by atoms with van der Waals surface area (Å²) in [6, 6.07) is 2.99. The minimum absolute atomic E-state index is 0.289. The van der Waals surface area contributed by atoms with Crippen LogP contribution in [0.4, 0.5) is 5.69 Å². The summed E-state index contributed by atoms with van der Waals surface area (Å²) in [5, 5.41) is 3.63. The molecule has 0 radical (unpaired) electrons. The van der Waals surface area contributed by atoms with Crippen LogP contribution >= 0.6 is 34.8 Å². The molecule has 0 saturated heterocycles. The fraction of sp³-hybridized carbons (Fsp3) is 0.0833. The zero-order valence-corrected chi connectivity index (χ0v) is 11.3. The second-order valence-corrected chi connectivity index (χ2v) is 4.34. The van der Waals surface area contributed by atoms with Crippen molar-refractivity contribution in [1.82, 2.24) is 0 Å². The van der Waals surface area contributed by atoms with Gasteiger partial charge in [0.05, 0.1) is 20.8 Å². The van der Waals surface area contributed by atoms with E-state index in [-0.39, 0.29) is 5.91 Å². The Morgan fingerprint density at radius 2 is 1.76 bits per heavy atom. The molecule has 0 bridgehead atoms. The van der Waals surface area contributed by atoms with Gasteiger partial charge in [-0.25, -0.2) is 0 Å². The molecule has 0 aliphatic carbocycles. The first-order valence-electron chi connectivity index (χ1n) is 4.79. The van der Waals surface area contributed by atoms with Gasteiger partial charge in [-0.15, -0.1) is 0 Å². The highest BCUT2D eigenvalue weighted by molar-refractivity contribution is 6.44. The van der Waals surface area contributed by atoms with Gasteiger partial charge in [0.15, 0.2) is 0 Å². The zero-order valence-electron chi connectivity index (χ0n) is 9.01. The third-order valence-electron chi connectivity index (χ3n) is 1.82. The third kappa shape index (κ3) is 4.43. The lowest BCUT2D eigenvalue weighted by Crippen LogP contribution is -2.08. The number of nitrogens with one attached hydrogen (secondary N) is 1. The van der Waals surface area contributed by atoms with Crippen molar-refractivity contribution >= 4 is 46.4 Å². The number of hydrogen-bond acceptors (Lipinski definition) is 1. The van der Waals surface area contributed by atoms with Gasteiger partial charge in [-0.3, -0.25) is 4.79 Å². The number of hydrogen-bond donors (Lipinski definition) is 1. The van der Waals surface area contributed by atoms with E-state index in [2.05, 4.69) is 5.32 Å². The molecule has 5 heteroatoms. The summed E-state index contributed by atoms with van der Waals surface area (Å²) in [7, 11) is 0. The van der Waals surface area contributed by atoms with Crippen molar-refractivity contribution in [1.29, 1.82) is 0 Å². The van der Waals surface area contributed by atoms with Gasteiger partial charge in [-0.05, 0) is 19.1 Å². The van der Waals surface area contributed by atoms with Crippen molar-refractivity contribution in [3.63, 3.8) is 0 Å². The van der Waals surface area contributed by atoms with Crippen LogP contribution in [0.15, 0.2) is 36.4 Å². The average molecular weight is 291 g/mol. The molecule has 90 valence electrons. The van der Waals surface area contributed by atoms with E-state index in [1.807, 2.05) is 13.0 Å². The second kappa shape index (κ2) is 6.70. The largest absolute Gasteiger partial charge is 0.321 e. The van der Waals surface area contributed by atoms with Crippen molar-refractivity contribution in [3.8, 4) is 0 Å². The van der Waals surface area contributed by atoms with Crippen LogP contribution in [0.25, 0.3) is 0 Å². The van der Waals surface area contributed by atoms with Crippen LogP contribution in [-0.4, -0.2) is 5.91 Å². The molecule has 0 spiro atoms. The Labute approximate surface area is 115 Å². The van der Waals surface area contributed by atoms with Gasteiger partial charge < -0.3 is 5.32 Å². The van der Waals surface area contributed by atoms with E-state index in [1.165, 1.54) is 18.2 Å². The van der Waals surface area contributed by atoms with Gasteiger partial charge in [-0.2, -0.15) is 0 Å². The molecule has 0 aromatic heterocycles. The minimum atomic E-state index is -0.289. The average Bonchev–Trinajstić information content (AvgIpc) is 2.26. The van der Waals surface area contributed by atoms with Crippen LogP contribution in [-0.2, 0) is 4.79 Å². The van der Waals surface area contributed by atoms with E-state index in [0.29, 0.717) is 20.8 Å². The number of allylic oxidation sites excluding steroid dienone is 3. The molecule has 1 rings (SSSR count). The number of anilines is 1. The Morgan fingerprint density at radius 3 is 2.41 bits per heavy atom. The predicted molar refractivity (Wildman–Crippen MR) is 74.1 cm³/mol. The van der Waals surface area contributed by atoms with Gasteiger partial charge >= 0.3 is 0 Å². The molecule has 1 amide bonds. The highest BCUT2D eigenvalue weighted by Crippen LogP contribution is 2.32. The maximum absolute atomic E-state index is 11.5. The molecule has 0 aliphatic heterocycles. The highest BCUT2D eigenvalue weighted by Gasteiger charge is 2.07. The smallest absolute Gasteiger partial charge is 0.248 e. The van der Waals surface area contributed by atoms with Crippen LogP contribution in [0.3, 0.4) is 0 Å². The van der Waals surface area contributed by atoms with E-state index in [1.54, 1.807) is 12.2 Å². The molecule has 0 unspecified atom stereocenters. The van der Waals surface area contributed by atoms with Gasteiger partial charge in [-0.1, -0.05) is 53.0 Å². The molecule has 1 aromatic carbocycles. The summed E-state index contributed by atoms with van der Waals surface area (Å²) < 4.78 is 0. The van der Waals surface area contributed by atoms with E-state index in [0.717, 1.165) is 0 Å². The molecule has 0 saturated carbocycles. The lowest BCUT2D eigenvalue weighted by Gasteiger charge is -2.06. The van der Waals surface area contributed by atoms with Crippen LogP contribution in [0.1, 0.15) is 6.92 Å². The third-order valence-corrected chi connectivity index (χ3v) is 2.85. The van der Waals surface area contributed by atoms with E-state index < -0.39 is 0 Å². The summed E-state index contributed by atoms with van der Waals surface area (Å²) in [6.45, 7) is 1.86. The first-order chi connectivity index (χ1) is 8.04. The van der Waals surface area contributed by atoms with Crippen LogP contribution in [0.2, 0.25) is 15.1 Å². The Kier molecular flexibility index (Phi) is 5.56. The molecule has 1 N–H and O–H groups in total. The molecule has 0 atom stereocenters. The number of halogens is 3. The first-order valence-corrected chi connectivity index (χ1v) is 5.93. The van der Waals surface area contributed by atoms with Crippen molar-refractivity contribution in [3.05, 3.63) is 51.5 Å². The van der Waals surface area contributed by atoms with Gasteiger partial charge in [0.1, 0.15) is 0 Å². The maximum Gasteiger partial charge on any atom is 0.248 e. The van der Waals surface area contributed by atoms with Gasteiger partial charge in [0, 0.05) is 6.08 Å². The van der Waals surface area contributed by atoms with Crippen molar-refractivity contribution in [2.24, 2.45) is 0 Å². The standard InChI is InChI=1S/C12H10Cl3NO/c1-2-3-4-5-12(17)16-11-7-9(14)8(13)6-10(11)15/h2-7H,1H3,(H,16,17)/b3-2+,5-4+. The Morgan fingerprint density at radius 1 is 1.12 bits per heavy atom. The van der Waals surface area contributed by atoms with E-state index in [9.17, 15) is 4.79 Å². The van der Waals surface area contributed by atoms with Crippen molar-refractivity contribution in [2.45, 2.75) is 6.92 Å². The molecule has 17 heavy (non-hydrogen) atoms. The van der Waals surface area contributed by atoms with E-state index >= 15 is 0 Å². The zero-order chi connectivity index (χ0) is 12.8. The molecule has 0 heterocycles. The summed E-state index contributed by atoms with van der Waals surface area (Å²) in [6.07, 6.45) is 6.57. The summed E-state index contributed by atoms with van der Waals surface area (Å²) in [5.41, 5.74) is 0.427. The fourth-order valence-electron chi connectivity index (χ4n) is 1.05. The van der Waals surface area contributed by atoms with Crippen LogP contribution < -0.4 is 5.32 Å². The maximum atomic E-state index is 11.5. The first kappa shape index (κ1) is 14.1. The van der Waals surface area contributed by atoms with Crippen molar-refractivity contribution in [2.75, 3.05) is 5.32 Å². The van der Waals surface area contributed by atoms with Crippen molar-refractivity contribution < 1.29 is 4.79 Å². The Hall–Kier alpha value is -0.960. The minimum Gasteiger partial charge on any atom is -0.321 e. The number of carbonyl (C=O) groups excluding carboxylic acids is 1. The van der Waals surface area contributed by atoms with Gasteiger partial charge in [0.25, 0.3) is 0 Å². The summed E-state index contributed by atoms with van der Waals surface area (Å²) >= 11 is 17.5. The summed E-state index contributed by atoms with van der Waals surface area (Å²) in [5.74, 6) is -0.289. The molecular weight excluding hydrogens is 280 g/mol. The number of rotatable bonds is 3. The highest BCUT2D eigenvalue weighted by atomic mass is 35.5. The molecule has 2 nitrogen and oxygen atoms in total. The number of carbonyl (C=O) groups is 1.